The molecular formula is C14H17N5O3S. The zero-order valence-electron chi connectivity index (χ0n) is 12.6. The molecule has 0 fully saturated rings. The van der Waals surface area contributed by atoms with Crippen LogP contribution in [0.3, 0.4) is 0 Å². The van der Waals surface area contributed by atoms with Crippen LogP contribution in [0.25, 0.3) is 0 Å². The van der Waals surface area contributed by atoms with Crippen molar-refractivity contribution < 1.29 is 13.2 Å². The van der Waals surface area contributed by atoms with Crippen LogP contribution in [0.1, 0.15) is 18.1 Å². The molecule has 0 atom stereocenters. The van der Waals surface area contributed by atoms with Crippen LogP contribution in [0, 0.1) is 0 Å². The van der Waals surface area contributed by atoms with Crippen LogP contribution in [0.2, 0.25) is 0 Å². The molecule has 0 saturated carbocycles. The Balaban J connectivity index is 1.85. The number of carbonyl (C=O) groups is 1. The van der Waals surface area contributed by atoms with Crippen molar-refractivity contribution in [2.24, 2.45) is 0 Å². The number of amides is 1. The highest BCUT2D eigenvalue weighted by Gasteiger charge is 2.20. The minimum atomic E-state index is -3.72. The Morgan fingerprint density at radius 3 is 2.65 bits per heavy atom. The van der Waals surface area contributed by atoms with Crippen molar-refractivity contribution >= 4 is 21.9 Å². The topological polar surface area (TPSA) is 108 Å². The SMILES string of the molecule is CC(=O)N1CCc2ccc(S(=O)(=O)Nc3ncn[nH]3)cc2CC1. The fraction of sp³-hybridized carbons (Fsp3) is 0.357. The number of nitrogens with zero attached hydrogens (tertiary/aromatic N) is 3. The maximum Gasteiger partial charge on any atom is 0.264 e. The summed E-state index contributed by atoms with van der Waals surface area (Å²) in [4.78, 5) is 17.2. The van der Waals surface area contributed by atoms with E-state index < -0.39 is 10.0 Å². The third-order valence-corrected chi connectivity index (χ3v) is 5.22. The van der Waals surface area contributed by atoms with Gasteiger partial charge in [0, 0.05) is 20.0 Å². The summed E-state index contributed by atoms with van der Waals surface area (Å²) in [5, 5.41) is 6.07. The molecule has 1 aromatic carbocycles. The molecule has 1 amide bonds. The van der Waals surface area contributed by atoms with Crippen molar-refractivity contribution in [3.8, 4) is 0 Å². The van der Waals surface area contributed by atoms with Gasteiger partial charge in [0.25, 0.3) is 10.0 Å². The van der Waals surface area contributed by atoms with Crippen LogP contribution >= 0.6 is 0 Å². The fourth-order valence-corrected chi connectivity index (χ4v) is 3.64. The van der Waals surface area contributed by atoms with Gasteiger partial charge in [-0.15, -0.1) is 0 Å². The van der Waals surface area contributed by atoms with Gasteiger partial charge in [-0.1, -0.05) is 6.07 Å². The molecule has 2 aromatic rings. The maximum absolute atomic E-state index is 12.4. The van der Waals surface area contributed by atoms with Crippen molar-refractivity contribution in [3.63, 3.8) is 0 Å². The van der Waals surface area contributed by atoms with E-state index in [-0.39, 0.29) is 16.8 Å². The second-order valence-electron chi connectivity index (χ2n) is 5.38. The van der Waals surface area contributed by atoms with E-state index in [0.717, 1.165) is 17.5 Å². The summed E-state index contributed by atoms with van der Waals surface area (Å²) in [6.07, 6.45) is 2.59. The summed E-state index contributed by atoms with van der Waals surface area (Å²) in [5.41, 5.74) is 2.03. The average molecular weight is 335 g/mol. The zero-order chi connectivity index (χ0) is 16.4. The summed E-state index contributed by atoms with van der Waals surface area (Å²) >= 11 is 0. The van der Waals surface area contributed by atoms with Crippen molar-refractivity contribution in [2.75, 3.05) is 17.8 Å². The van der Waals surface area contributed by atoms with Crippen LogP contribution in [0.5, 0.6) is 0 Å². The number of aromatic amines is 1. The summed E-state index contributed by atoms with van der Waals surface area (Å²) in [6.45, 7) is 2.80. The number of carbonyl (C=O) groups excluding carboxylic acids is 1. The summed E-state index contributed by atoms with van der Waals surface area (Å²) in [5.74, 6) is 0.111. The van der Waals surface area contributed by atoms with Gasteiger partial charge in [0.15, 0.2) is 0 Å². The molecule has 2 heterocycles. The quantitative estimate of drug-likeness (QED) is 0.852. The van der Waals surface area contributed by atoms with E-state index >= 15 is 0 Å². The first-order valence-corrected chi connectivity index (χ1v) is 8.69. The van der Waals surface area contributed by atoms with E-state index in [9.17, 15) is 13.2 Å². The fourth-order valence-electron chi connectivity index (χ4n) is 2.62. The Morgan fingerprint density at radius 1 is 1.26 bits per heavy atom. The standard InChI is InChI=1S/C14H17N5O3S/c1-10(20)19-6-4-11-2-3-13(8-12(11)5-7-19)23(21,22)18-14-15-9-16-17-14/h2-3,8-9H,4-7H2,1H3,(H2,15,16,17,18). The summed E-state index contributed by atoms with van der Waals surface area (Å²) in [6, 6.07) is 5.05. The monoisotopic (exact) mass is 335 g/mol. The van der Waals surface area contributed by atoms with Crippen LogP contribution in [0.4, 0.5) is 5.95 Å². The van der Waals surface area contributed by atoms with Crippen LogP contribution < -0.4 is 4.72 Å². The lowest BCUT2D eigenvalue weighted by atomic mass is 10.0. The van der Waals surface area contributed by atoms with Crippen LogP contribution in [0.15, 0.2) is 29.4 Å². The highest BCUT2D eigenvalue weighted by atomic mass is 32.2. The first-order chi connectivity index (χ1) is 11.0. The van der Waals surface area contributed by atoms with Gasteiger partial charge in [-0.25, -0.2) is 18.2 Å². The number of rotatable bonds is 3. The third-order valence-electron chi connectivity index (χ3n) is 3.88. The van der Waals surface area contributed by atoms with E-state index in [4.69, 9.17) is 0 Å². The first-order valence-electron chi connectivity index (χ1n) is 7.21. The minimum Gasteiger partial charge on any atom is -0.342 e. The van der Waals surface area contributed by atoms with Gasteiger partial charge < -0.3 is 4.90 Å². The highest BCUT2D eigenvalue weighted by molar-refractivity contribution is 7.92. The number of hydrogen-bond acceptors (Lipinski definition) is 5. The second kappa shape index (κ2) is 5.99. The molecule has 2 N–H and O–H groups in total. The van der Waals surface area contributed by atoms with Crippen molar-refractivity contribution in [1.82, 2.24) is 20.1 Å². The van der Waals surface area contributed by atoms with Gasteiger partial charge in [-0.2, -0.15) is 10.1 Å². The Morgan fingerprint density at radius 2 is 2.00 bits per heavy atom. The molecule has 0 aliphatic carbocycles. The van der Waals surface area contributed by atoms with E-state index in [0.29, 0.717) is 19.5 Å². The van der Waals surface area contributed by atoms with Crippen LogP contribution in [-0.4, -0.2) is 47.5 Å². The van der Waals surface area contributed by atoms with Crippen molar-refractivity contribution in [1.29, 1.82) is 0 Å². The molecule has 0 unspecified atom stereocenters. The molecule has 3 rings (SSSR count). The maximum atomic E-state index is 12.4. The molecule has 0 radical (unpaired) electrons. The van der Waals surface area contributed by atoms with Gasteiger partial charge in [0.1, 0.15) is 6.33 Å². The third kappa shape index (κ3) is 3.34. The van der Waals surface area contributed by atoms with E-state index in [1.54, 1.807) is 24.0 Å². The molecule has 9 heteroatoms. The van der Waals surface area contributed by atoms with Crippen molar-refractivity contribution in [2.45, 2.75) is 24.7 Å². The molecule has 23 heavy (non-hydrogen) atoms. The largest absolute Gasteiger partial charge is 0.342 e. The number of nitrogens with one attached hydrogen (secondary N) is 2. The number of benzene rings is 1. The molecule has 122 valence electrons. The molecule has 1 aromatic heterocycles. The second-order valence-corrected chi connectivity index (χ2v) is 7.06. The minimum absolute atomic E-state index is 0.0395. The Labute approximate surface area is 134 Å². The molecule has 0 spiro atoms. The molecule has 0 saturated heterocycles. The number of sulfonamides is 1. The first kappa shape index (κ1) is 15.5. The van der Waals surface area contributed by atoms with Crippen molar-refractivity contribution in [3.05, 3.63) is 35.7 Å². The number of hydrogen-bond donors (Lipinski definition) is 2. The number of fused-ring (bicyclic) bond motifs is 1. The predicted octanol–water partition coefficient (Wildman–Crippen LogP) is 0.553. The lowest BCUT2D eigenvalue weighted by Crippen LogP contribution is -2.30. The average Bonchev–Trinajstić information content (AvgIpc) is 2.90. The van der Waals surface area contributed by atoms with Gasteiger partial charge in [0.2, 0.25) is 11.9 Å². The normalized spacial score (nSPS) is 14.9. The lowest BCUT2D eigenvalue weighted by molar-refractivity contribution is -0.128. The van der Waals surface area contributed by atoms with E-state index in [2.05, 4.69) is 19.9 Å². The summed E-state index contributed by atoms with van der Waals surface area (Å²) < 4.78 is 27.1. The van der Waals surface area contributed by atoms with E-state index in [1.807, 2.05) is 6.07 Å². The van der Waals surface area contributed by atoms with Crippen LogP contribution in [-0.2, 0) is 27.7 Å². The lowest BCUT2D eigenvalue weighted by Gasteiger charge is -2.17. The number of anilines is 1. The Kier molecular flexibility index (Phi) is 4.03. The molecule has 1 aliphatic heterocycles. The molecule has 8 nitrogen and oxygen atoms in total. The summed E-state index contributed by atoms with van der Waals surface area (Å²) in [7, 11) is -3.72. The molecular weight excluding hydrogens is 318 g/mol. The van der Waals surface area contributed by atoms with Gasteiger partial charge in [-0.05, 0) is 36.1 Å². The molecule has 0 bridgehead atoms. The number of H-pyrrole nitrogens is 1. The Bertz CT molecular complexity index is 817. The molecule has 1 aliphatic rings. The zero-order valence-corrected chi connectivity index (χ0v) is 13.4. The smallest absolute Gasteiger partial charge is 0.264 e. The highest BCUT2D eigenvalue weighted by Crippen LogP contribution is 2.21. The van der Waals surface area contributed by atoms with Gasteiger partial charge in [-0.3, -0.25) is 4.79 Å². The van der Waals surface area contributed by atoms with Gasteiger partial charge >= 0.3 is 0 Å². The van der Waals surface area contributed by atoms with E-state index in [1.165, 1.54) is 6.33 Å². The number of aromatic nitrogens is 3. The predicted molar refractivity (Wildman–Crippen MR) is 83.3 cm³/mol. The van der Waals surface area contributed by atoms with Gasteiger partial charge in [0.05, 0.1) is 4.90 Å². The Hall–Kier alpha value is -2.42.